The number of pyridine rings is 1. The summed E-state index contributed by atoms with van der Waals surface area (Å²) in [7, 11) is 0. The Kier molecular flexibility index (Phi) is 4.78. The molecule has 1 aromatic rings. The molecule has 1 saturated carbocycles. The normalized spacial score (nSPS) is 20.1. The molecule has 0 aromatic carbocycles. The van der Waals surface area contributed by atoms with E-state index in [1.807, 2.05) is 0 Å². The zero-order valence-electron chi connectivity index (χ0n) is 15.0. The summed E-state index contributed by atoms with van der Waals surface area (Å²) in [4.78, 5) is 37.9. The number of rotatable bonds is 3. The molecule has 3 aliphatic rings. The monoisotopic (exact) mass is 385 g/mol. The first-order chi connectivity index (χ1) is 13.0. The second-order valence-electron chi connectivity index (χ2n) is 7.22. The van der Waals surface area contributed by atoms with Crippen molar-refractivity contribution in [1.29, 1.82) is 0 Å². The second-order valence-corrected chi connectivity index (χ2v) is 7.56. The van der Waals surface area contributed by atoms with Gasteiger partial charge in [-0.1, -0.05) is 6.92 Å². The van der Waals surface area contributed by atoms with E-state index in [-0.39, 0.29) is 16.9 Å². The van der Waals surface area contributed by atoms with Gasteiger partial charge in [0.15, 0.2) is 5.82 Å². The molecule has 0 saturated heterocycles. The summed E-state index contributed by atoms with van der Waals surface area (Å²) >= 11 is 5.72. The van der Waals surface area contributed by atoms with E-state index >= 15 is 0 Å². The summed E-state index contributed by atoms with van der Waals surface area (Å²) in [5.74, 6) is 1.02. The fourth-order valence-corrected chi connectivity index (χ4v) is 3.86. The van der Waals surface area contributed by atoms with Crippen LogP contribution in [0.15, 0.2) is 40.3 Å². The zero-order valence-corrected chi connectivity index (χ0v) is 15.8. The molecule has 3 heterocycles. The highest BCUT2D eigenvalue weighted by molar-refractivity contribution is 6.28. The number of nitrogens with zero attached hydrogens (tertiary/aromatic N) is 5. The highest BCUT2D eigenvalue weighted by Gasteiger charge is 2.25. The van der Waals surface area contributed by atoms with Gasteiger partial charge in [-0.3, -0.25) is 9.36 Å². The summed E-state index contributed by atoms with van der Waals surface area (Å²) in [6.07, 6.45) is 8.76. The molecule has 140 valence electrons. The molecule has 1 aromatic heterocycles. The fourth-order valence-electron chi connectivity index (χ4n) is 3.76. The Morgan fingerprint density at radius 2 is 1.85 bits per heavy atom. The van der Waals surface area contributed by atoms with Gasteiger partial charge in [0, 0.05) is 30.2 Å². The lowest BCUT2D eigenvalue weighted by Gasteiger charge is -2.27. The minimum atomic E-state index is -0.473. The van der Waals surface area contributed by atoms with Gasteiger partial charge in [-0.2, -0.15) is 4.98 Å². The molecule has 0 bridgehead atoms. The van der Waals surface area contributed by atoms with E-state index in [0.717, 1.165) is 31.2 Å². The number of fused-ring (bicyclic) bond motifs is 1. The maximum Gasteiger partial charge on any atom is 0.352 e. The van der Waals surface area contributed by atoms with Crippen molar-refractivity contribution < 1.29 is 0 Å². The number of hydrogen-bond donors (Lipinski definition) is 0. The Morgan fingerprint density at radius 1 is 1.15 bits per heavy atom. The average Bonchev–Trinajstić information content (AvgIpc) is 2.66. The quantitative estimate of drug-likeness (QED) is 0.647. The molecule has 7 nitrogen and oxygen atoms in total. The standard InChI is InChI=1S/C19H20ClN5O2/c1-12-4-6-14(7-5-12)25-17(26)15-3-2-8-24(16(15)23-19(25)27)11-13-9-21-18(20)22-10-13/h2-3,8-10,12,14H,4-7,11H2,1H3. The van der Waals surface area contributed by atoms with E-state index in [2.05, 4.69) is 21.9 Å². The molecule has 1 aliphatic carbocycles. The molecular weight excluding hydrogens is 366 g/mol. The van der Waals surface area contributed by atoms with Crippen molar-refractivity contribution in [2.24, 2.45) is 5.92 Å². The summed E-state index contributed by atoms with van der Waals surface area (Å²) in [6.45, 7) is 2.60. The highest BCUT2D eigenvalue weighted by Crippen LogP contribution is 2.30. The molecule has 0 radical (unpaired) electrons. The third kappa shape index (κ3) is 3.51. The van der Waals surface area contributed by atoms with E-state index in [4.69, 9.17) is 11.6 Å². The van der Waals surface area contributed by atoms with Crippen LogP contribution in [0.4, 0.5) is 0 Å². The van der Waals surface area contributed by atoms with Crippen LogP contribution in [-0.4, -0.2) is 24.1 Å². The molecular formula is C19H20ClN5O2. The lowest BCUT2D eigenvalue weighted by Crippen LogP contribution is -2.41. The summed E-state index contributed by atoms with van der Waals surface area (Å²) in [5.41, 5.74) is 0.521. The first-order valence-corrected chi connectivity index (χ1v) is 9.49. The van der Waals surface area contributed by atoms with E-state index in [9.17, 15) is 9.59 Å². The van der Waals surface area contributed by atoms with Gasteiger partial charge in [0.25, 0.3) is 5.56 Å². The van der Waals surface area contributed by atoms with Crippen LogP contribution in [0.25, 0.3) is 11.4 Å². The van der Waals surface area contributed by atoms with E-state index in [0.29, 0.717) is 23.9 Å². The predicted octanol–water partition coefficient (Wildman–Crippen LogP) is 2.75. The first-order valence-electron chi connectivity index (χ1n) is 9.11. The first kappa shape index (κ1) is 17.9. The van der Waals surface area contributed by atoms with Crippen LogP contribution < -0.4 is 11.2 Å². The van der Waals surface area contributed by atoms with Crippen molar-refractivity contribution in [2.45, 2.75) is 45.2 Å². The summed E-state index contributed by atoms with van der Waals surface area (Å²) < 4.78 is 3.11. The third-order valence-corrected chi connectivity index (χ3v) is 5.47. The molecule has 0 spiro atoms. The summed E-state index contributed by atoms with van der Waals surface area (Å²) in [5, 5.41) is 0.173. The number of hydrogen-bond acceptors (Lipinski definition) is 5. The predicted molar refractivity (Wildman–Crippen MR) is 102 cm³/mol. The number of aromatic nitrogens is 5. The maximum absolute atomic E-state index is 13.0. The van der Waals surface area contributed by atoms with Crippen molar-refractivity contribution in [3.05, 3.63) is 62.4 Å². The van der Waals surface area contributed by atoms with Gasteiger partial charge in [0.1, 0.15) is 0 Å². The van der Waals surface area contributed by atoms with Crippen molar-refractivity contribution in [3.8, 4) is 11.4 Å². The molecule has 1 fully saturated rings. The van der Waals surface area contributed by atoms with Gasteiger partial charge >= 0.3 is 5.69 Å². The second kappa shape index (κ2) is 7.23. The molecule has 0 unspecified atom stereocenters. The molecule has 0 N–H and O–H groups in total. The van der Waals surface area contributed by atoms with E-state index in [1.54, 1.807) is 35.3 Å². The minimum Gasteiger partial charge on any atom is -0.328 e. The Balaban J connectivity index is 1.75. The van der Waals surface area contributed by atoms with Crippen LogP contribution in [0.3, 0.4) is 0 Å². The molecule has 0 atom stereocenters. The van der Waals surface area contributed by atoms with Crippen molar-refractivity contribution in [1.82, 2.24) is 24.1 Å². The lowest BCUT2D eigenvalue weighted by atomic mass is 9.87. The van der Waals surface area contributed by atoms with Crippen LogP contribution in [-0.2, 0) is 6.54 Å². The largest absolute Gasteiger partial charge is 0.352 e. The van der Waals surface area contributed by atoms with Gasteiger partial charge in [-0.15, -0.1) is 0 Å². The zero-order chi connectivity index (χ0) is 19.0. The molecule has 0 amide bonds. The Labute approximate surface area is 161 Å². The highest BCUT2D eigenvalue weighted by atomic mass is 35.5. The van der Waals surface area contributed by atoms with Crippen LogP contribution >= 0.6 is 11.6 Å². The van der Waals surface area contributed by atoms with Crippen molar-refractivity contribution >= 4 is 11.6 Å². The van der Waals surface area contributed by atoms with E-state index < -0.39 is 5.69 Å². The minimum absolute atomic E-state index is 0.0589. The fraction of sp³-hybridized carbons (Fsp3) is 0.421. The van der Waals surface area contributed by atoms with Crippen LogP contribution in [0.1, 0.15) is 44.2 Å². The summed E-state index contributed by atoms with van der Waals surface area (Å²) in [6, 6.07) is 3.46. The smallest absolute Gasteiger partial charge is 0.328 e. The Hall–Kier alpha value is -2.54. The van der Waals surface area contributed by atoms with Gasteiger partial charge in [-0.25, -0.2) is 14.8 Å². The van der Waals surface area contributed by atoms with Crippen LogP contribution in [0, 0.1) is 5.92 Å². The topological polar surface area (TPSA) is 82.7 Å². The molecule has 2 aliphatic heterocycles. The van der Waals surface area contributed by atoms with Gasteiger partial charge in [0.05, 0.1) is 12.1 Å². The molecule has 8 heteroatoms. The van der Waals surface area contributed by atoms with Crippen molar-refractivity contribution in [3.63, 3.8) is 0 Å². The molecule has 4 rings (SSSR count). The van der Waals surface area contributed by atoms with Crippen LogP contribution in [0.2, 0.25) is 5.28 Å². The Morgan fingerprint density at radius 3 is 2.56 bits per heavy atom. The Bertz CT molecular complexity index is 1040. The maximum atomic E-state index is 13.0. The lowest BCUT2D eigenvalue weighted by molar-refractivity contribution is 0.278. The van der Waals surface area contributed by atoms with Gasteiger partial charge in [-0.05, 0) is 55.3 Å². The van der Waals surface area contributed by atoms with Gasteiger partial charge in [0.2, 0.25) is 5.28 Å². The third-order valence-electron chi connectivity index (χ3n) is 5.28. The van der Waals surface area contributed by atoms with Crippen LogP contribution in [0.5, 0.6) is 0 Å². The average molecular weight is 386 g/mol. The van der Waals surface area contributed by atoms with E-state index in [1.165, 1.54) is 4.57 Å². The number of halogens is 1. The van der Waals surface area contributed by atoms with Crippen molar-refractivity contribution in [2.75, 3.05) is 0 Å². The molecule has 27 heavy (non-hydrogen) atoms. The SMILES string of the molecule is CC1CCC(n2c(=O)nc3n(Cc4cnc(Cl)nc4)cccc-3c2=O)CC1. The van der Waals surface area contributed by atoms with Gasteiger partial charge < -0.3 is 4.57 Å².